The molecule has 0 aliphatic carbocycles. The van der Waals surface area contributed by atoms with Crippen molar-refractivity contribution in [2.45, 2.75) is 37.8 Å². The van der Waals surface area contributed by atoms with E-state index in [2.05, 4.69) is 10.2 Å². The van der Waals surface area contributed by atoms with Gasteiger partial charge in [-0.1, -0.05) is 12.1 Å². The number of aromatic amines is 1. The van der Waals surface area contributed by atoms with E-state index >= 15 is 0 Å². The average molecular weight is 513 g/mol. The van der Waals surface area contributed by atoms with Crippen LogP contribution in [0, 0.1) is 0 Å². The molecule has 2 atom stereocenters. The molecule has 1 aromatic heterocycles. The van der Waals surface area contributed by atoms with Crippen LogP contribution in [0.15, 0.2) is 30.3 Å². The summed E-state index contributed by atoms with van der Waals surface area (Å²) in [6, 6.07) is 7.11. The van der Waals surface area contributed by atoms with Gasteiger partial charge in [0.2, 0.25) is 0 Å². The van der Waals surface area contributed by atoms with Gasteiger partial charge in [-0.15, -0.1) is 0 Å². The number of nitrogens with zero attached hydrogens (tertiary/aromatic N) is 3. The van der Waals surface area contributed by atoms with Gasteiger partial charge in [0.25, 0.3) is 0 Å². The first-order valence-corrected chi connectivity index (χ1v) is 13.4. The van der Waals surface area contributed by atoms with Crippen molar-refractivity contribution in [1.82, 2.24) is 20.0 Å². The summed E-state index contributed by atoms with van der Waals surface area (Å²) in [5.74, 6) is 0.750. The summed E-state index contributed by atoms with van der Waals surface area (Å²) in [6.45, 7) is 4.95. The molecule has 4 rings (SSSR count). The minimum Gasteiger partial charge on any atom is -0.381 e. The van der Waals surface area contributed by atoms with Gasteiger partial charge in [0, 0.05) is 79.0 Å². The van der Waals surface area contributed by atoms with Crippen molar-refractivity contribution < 1.29 is 26.9 Å². The summed E-state index contributed by atoms with van der Waals surface area (Å²) in [6.07, 6.45) is -3.02. The van der Waals surface area contributed by atoms with Gasteiger partial charge in [0.05, 0.1) is 17.9 Å². The maximum absolute atomic E-state index is 13.3. The van der Waals surface area contributed by atoms with E-state index in [9.17, 15) is 22.2 Å². The molecule has 7 nitrogen and oxygen atoms in total. The lowest BCUT2D eigenvalue weighted by molar-refractivity contribution is -0.137. The van der Waals surface area contributed by atoms with Gasteiger partial charge >= 0.3 is 12.2 Å². The number of carbonyl (C=O) groups excluding carboxylic acids is 1. The minimum atomic E-state index is -4.39. The number of halogens is 3. The maximum atomic E-state index is 13.3. The van der Waals surface area contributed by atoms with E-state index in [1.54, 1.807) is 9.80 Å². The number of piperidine rings is 1. The van der Waals surface area contributed by atoms with E-state index in [0.29, 0.717) is 63.7 Å². The second-order valence-electron chi connectivity index (χ2n) is 9.04. The maximum Gasteiger partial charge on any atom is 0.416 e. The molecule has 2 aromatic rings. The molecule has 1 aromatic carbocycles. The van der Waals surface area contributed by atoms with Gasteiger partial charge < -0.3 is 14.5 Å². The Labute approximate surface area is 205 Å². The highest BCUT2D eigenvalue weighted by Gasteiger charge is 2.36. The van der Waals surface area contributed by atoms with Gasteiger partial charge in [-0.05, 0) is 37.1 Å². The lowest BCUT2D eigenvalue weighted by Gasteiger charge is -2.40. The summed E-state index contributed by atoms with van der Waals surface area (Å²) in [5.41, 5.74) is 1.87. The summed E-state index contributed by atoms with van der Waals surface area (Å²) >= 11 is 0. The lowest BCUT2D eigenvalue weighted by atomic mass is 9.82. The van der Waals surface area contributed by atoms with Crippen LogP contribution in [-0.4, -0.2) is 81.1 Å². The fourth-order valence-corrected chi connectivity index (χ4v) is 5.78. The third-order valence-electron chi connectivity index (χ3n) is 6.67. The summed E-state index contributed by atoms with van der Waals surface area (Å²) in [7, 11) is -0.895. The van der Waals surface area contributed by atoms with Crippen molar-refractivity contribution in [2.75, 3.05) is 50.9 Å². The third kappa shape index (κ3) is 6.43. The number of H-pyrrole nitrogens is 1. The Morgan fingerprint density at radius 1 is 1.14 bits per heavy atom. The Balaban J connectivity index is 1.54. The molecular weight excluding hydrogens is 481 g/mol. The van der Waals surface area contributed by atoms with Crippen LogP contribution in [0.3, 0.4) is 0 Å². The van der Waals surface area contributed by atoms with Crippen LogP contribution in [0.5, 0.6) is 0 Å². The molecule has 0 bridgehead atoms. The third-order valence-corrected chi connectivity index (χ3v) is 7.94. The van der Waals surface area contributed by atoms with Crippen LogP contribution < -0.4 is 0 Å². The van der Waals surface area contributed by atoms with Crippen molar-refractivity contribution >= 4 is 16.8 Å². The molecule has 2 amide bonds. The van der Waals surface area contributed by atoms with Crippen molar-refractivity contribution in [3.63, 3.8) is 0 Å². The highest BCUT2D eigenvalue weighted by Crippen LogP contribution is 2.37. The highest BCUT2D eigenvalue weighted by atomic mass is 32.2. The number of likely N-dealkylation sites (tertiary alicyclic amines) is 1. The molecule has 3 heterocycles. The Hall–Kier alpha value is -2.40. The predicted molar refractivity (Wildman–Crippen MR) is 127 cm³/mol. The predicted octanol–water partition coefficient (Wildman–Crippen LogP) is 3.76. The molecule has 35 heavy (non-hydrogen) atoms. The van der Waals surface area contributed by atoms with E-state index in [1.807, 2.05) is 13.0 Å². The molecule has 2 aliphatic rings. The van der Waals surface area contributed by atoms with Crippen LogP contribution in [-0.2, 0) is 28.1 Å². The molecule has 11 heteroatoms. The number of carbonyl (C=O) groups is 1. The number of urea groups is 1. The second-order valence-corrected chi connectivity index (χ2v) is 10.7. The van der Waals surface area contributed by atoms with E-state index in [-0.39, 0.29) is 17.9 Å². The fourth-order valence-electron chi connectivity index (χ4n) is 4.73. The first kappa shape index (κ1) is 25.7. The normalized spacial score (nSPS) is 21.9. The number of aromatic nitrogens is 2. The molecule has 2 unspecified atom stereocenters. The van der Waals surface area contributed by atoms with Gasteiger partial charge in [-0.3, -0.25) is 9.31 Å². The number of benzene rings is 1. The number of rotatable bonds is 6. The number of amides is 2. The highest BCUT2D eigenvalue weighted by molar-refractivity contribution is 7.85. The molecule has 2 aliphatic heterocycles. The van der Waals surface area contributed by atoms with E-state index in [4.69, 9.17) is 4.74 Å². The van der Waals surface area contributed by atoms with Crippen LogP contribution in [0.2, 0.25) is 0 Å². The first-order valence-electron chi connectivity index (χ1n) is 11.9. The quantitative estimate of drug-likeness (QED) is 0.598. The van der Waals surface area contributed by atoms with Gasteiger partial charge in [-0.25, -0.2) is 4.79 Å². The van der Waals surface area contributed by atoms with E-state index in [1.165, 1.54) is 12.1 Å². The van der Waals surface area contributed by atoms with Gasteiger partial charge in [0.15, 0.2) is 0 Å². The molecular formula is C24H31F3N4O3S. The average Bonchev–Trinajstić information content (AvgIpc) is 3.32. The lowest BCUT2D eigenvalue weighted by Crippen LogP contribution is -2.52. The molecule has 192 valence electrons. The molecule has 0 radical (unpaired) electrons. The number of alkyl halides is 3. The second kappa shape index (κ2) is 11.1. The monoisotopic (exact) mass is 512 g/mol. The van der Waals surface area contributed by atoms with Crippen molar-refractivity contribution in [2.24, 2.45) is 0 Å². The molecule has 1 N–H and O–H groups in total. The summed E-state index contributed by atoms with van der Waals surface area (Å²) in [4.78, 5) is 16.8. The largest absolute Gasteiger partial charge is 0.416 e. The summed E-state index contributed by atoms with van der Waals surface area (Å²) in [5, 5.41) is 7.54. The zero-order valence-electron chi connectivity index (χ0n) is 19.7. The zero-order chi connectivity index (χ0) is 25.0. The number of hydrogen-bond acceptors (Lipinski definition) is 4. The number of nitrogens with one attached hydrogen (secondary N) is 1. The molecule has 2 saturated heterocycles. The SMILES string of the molecule is CCOCCc1cc(C2CC(c3ccc(C(F)(F)F)cc3)CN(C(=O)N3CCS(=O)CC3)C2)n[nH]1. The van der Waals surface area contributed by atoms with Crippen molar-refractivity contribution in [3.8, 4) is 0 Å². The Morgan fingerprint density at radius 2 is 1.83 bits per heavy atom. The number of ether oxygens (including phenoxy) is 1. The topological polar surface area (TPSA) is 78.5 Å². The smallest absolute Gasteiger partial charge is 0.381 e. The first-order chi connectivity index (χ1) is 16.7. The van der Waals surface area contributed by atoms with Gasteiger partial charge in [0.1, 0.15) is 0 Å². The van der Waals surface area contributed by atoms with Crippen LogP contribution in [0.1, 0.15) is 47.7 Å². The van der Waals surface area contributed by atoms with Crippen molar-refractivity contribution in [3.05, 3.63) is 52.8 Å². The Kier molecular flexibility index (Phi) is 8.16. The molecule has 0 spiro atoms. The Morgan fingerprint density at radius 3 is 2.49 bits per heavy atom. The van der Waals surface area contributed by atoms with Gasteiger partial charge in [-0.2, -0.15) is 18.3 Å². The minimum absolute atomic E-state index is 0.0593. The van der Waals surface area contributed by atoms with Crippen LogP contribution in [0.4, 0.5) is 18.0 Å². The van der Waals surface area contributed by atoms with Crippen LogP contribution >= 0.6 is 0 Å². The van der Waals surface area contributed by atoms with Crippen molar-refractivity contribution in [1.29, 1.82) is 0 Å². The van der Waals surface area contributed by atoms with E-state index < -0.39 is 22.5 Å². The Bertz CT molecular complexity index is 1020. The standard InChI is InChI=1S/C24H31F3N4O3S/c1-2-34-10-7-21-14-22(29-28-21)19-13-18(17-3-5-20(6-4-17)24(25,26)27)15-31(16-19)23(32)30-8-11-35(33)12-9-30/h3-6,14,18-19H,2,7-13,15-16H2,1H3,(H,28,29). The molecule has 0 saturated carbocycles. The summed E-state index contributed by atoms with van der Waals surface area (Å²) < 4.78 is 56.3. The van der Waals surface area contributed by atoms with E-state index in [0.717, 1.165) is 29.1 Å². The zero-order valence-corrected chi connectivity index (χ0v) is 20.5. The fraction of sp³-hybridized carbons (Fsp3) is 0.583. The van der Waals surface area contributed by atoms with Crippen LogP contribution in [0.25, 0.3) is 0 Å². The number of hydrogen-bond donors (Lipinski definition) is 1. The molecule has 2 fully saturated rings.